The smallest absolute Gasteiger partial charge is 0.0331 e. The van der Waals surface area contributed by atoms with Gasteiger partial charge in [0, 0.05) is 24.1 Å². The average Bonchev–Trinajstić information content (AvgIpc) is 3.26. The second-order valence-corrected chi connectivity index (χ2v) is 9.59. The van der Waals surface area contributed by atoms with E-state index in [0.29, 0.717) is 6.04 Å². The quantitative estimate of drug-likeness (QED) is 0.474. The van der Waals surface area contributed by atoms with E-state index in [9.17, 15) is 0 Å². The molecular formula is C30H44N2. The van der Waals surface area contributed by atoms with Crippen molar-refractivity contribution < 1.29 is 0 Å². The maximum Gasteiger partial charge on any atom is 0.0331 e. The van der Waals surface area contributed by atoms with Gasteiger partial charge in [0.1, 0.15) is 0 Å². The van der Waals surface area contributed by atoms with Gasteiger partial charge in [0.05, 0.1) is 0 Å². The number of rotatable bonds is 5. The molecule has 1 heterocycles. The second kappa shape index (κ2) is 11.9. The minimum Gasteiger partial charge on any atom is -0.402 e. The van der Waals surface area contributed by atoms with Crippen molar-refractivity contribution in [2.45, 2.75) is 86.6 Å². The number of allylic oxidation sites excluding steroid dienone is 5. The molecule has 3 rings (SSSR count). The van der Waals surface area contributed by atoms with Crippen LogP contribution in [-0.4, -0.2) is 4.57 Å². The molecule has 2 aromatic rings. The van der Waals surface area contributed by atoms with Crippen molar-refractivity contribution in [1.29, 1.82) is 0 Å². The lowest BCUT2D eigenvalue weighted by Gasteiger charge is -2.27. The molecule has 2 nitrogen and oxygen atoms in total. The van der Waals surface area contributed by atoms with E-state index in [1.54, 1.807) is 0 Å². The zero-order valence-corrected chi connectivity index (χ0v) is 21.5. The summed E-state index contributed by atoms with van der Waals surface area (Å²) in [5, 5.41) is 0. The van der Waals surface area contributed by atoms with Crippen LogP contribution in [-0.2, 0) is 6.42 Å². The van der Waals surface area contributed by atoms with Crippen LogP contribution >= 0.6 is 0 Å². The van der Waals surface area contributed by atoms with Crippen LogP contribution in [0.15, 0.2) is 60.6 Å². The van der Waals surface area contributed by atoms with Gasteiger partial charge in [-0.25, -0.2) is 0 Å². The Balaban J connectivity index is 0.000000278. The molecule has 0 atom stereocenters. The van der Waals surface area contributed by atoms with Gasteiger partial charge in [-0.15, -0.1) is 0 Å². The van der Waals surface area contributed by atoms with Crippen LogP contribution in [0.25, 0.3) is 5.57 Å². The van der Waals surface area contributed by atoms with E-state index in [2.05, 4.69) is 82.4 Å². The lowest BCUT2D eigenvalue weighted by Crippen LogP contribution is -2.15. The Bertz CT molecular complexity index is 959. The molecule has 2 N–H and O–H groups in total. The molecule has 1 fully saturated rings. The summed E-state index contributed by atoms with van der Waals surface area (Å²) in [6.07, 6.45) is 14.9. The number of benzene rings is 1. The van der Waals surface area contributed by atoms with E-state index in [-0.39, 0.29) is 0 Å². The Labute approximate surface area is 196 Å². The standard InChI is InChI=1S/C19H28N2.C11H16/c1-5-17(12-15(3)16(4)20)18-10-11-21(13-18)19-8-6-14(2)7-9-19;1-5-11-9(3)7-6-8(2)10(11)4/h5,10-14,19H,1,6-9,20H2,2-4H3;6-7H,5H2,1-4H3/b16-15+,17-12+;. The Hall–Kier alpha value is -2.48. The van der Waals surface area contributed by atoms with Crippen molar-refractivity contribution in [3.8, 4) is 0 Å². The fourth-order valence-corrected chi connectivity index (χ4v) is 4.51. The first-order chi connectivity index (χ1) is 15.2. The van der Waals surface area contributed by atoms with Crippen LogP contribution in [0.5, 0.6) is 0 Å². The molecule has 2 heteroatoms. The third kappa shape index (κ3) is 6.76. The minimum atomic E-state index is 0.661. The van der Waals surface area contributed by atoms with Gasteiger partial charge in [0.25, 0.3) is 0 Å². The van der Waals surface area contributed by atoms with Crippen molar-refractivity contribution in [3.05, 3.63) is 88.4 Å². The van der Waals surface area contributed by atoms with E-state index < -0.39 is 0 Å². The van der Waals surface area contributed by atoms with E-state index in [4.69, 9.17) is 5.73 Å². The summed E-state index contributed by atoms with van der Waals surface area (Å²) in [5.74, 6) is 0.889. The number of aryl methyl sites for hydroxylation is 2. The molecule has 1 aromatic heterocycles. The highest BCUT2D eigenvalue weighted by molar-refractivity contribution is 5.75. The summed E-state index contributed by atoms with van der Waals surface area (Å²) >= 11 is 0. The van der Waals surface area contributed by atoms with Gasteiger partial charge in [0.15, 0.2) is 0 Å². The predicted octanol–water partition coefficient (Wildman–Crippen LogP) is 8.24. The Morgan fingerprint density at radius 2 is 1.69 bits per heavy atom. The summed E-state index contributed by atoms with van der Waals surface area (Å²) in [7, 11) is 0. The molecule has 0 unspecified atom stereocenters. The van der Waals surface area contributed by atoms with Gasteiger partial charge in [-0.05, 0) is 124 Å². The molecule has 174 valence electrons. The molecule has 1 saturated carbocycles. The SMILES string of the molecule is C=C/C(=C\C(C)=C(/C)N)c1ccn(C2CCC(C)CC2)c1.CCc1c(C)ccc(C)c1C. The maximum atomic E-state index is 5.85. The molecule has 0 aliphatic heterocycles. The zero-order valence-electron chi connectivity index (χ0n) is 21.5. The normalized spacial score (nSPS) is 19.7. The van der Waals surface area contributed by atoms with Crippen LogP contribution in [0.1, 0.15) is 87.2 Å². The summed E-state index contributed by atoms with van der Waals surface area (Å²) in [6, 6.07) is 7.25. The largest absolute Gasteiger partial charge is 0.402 e. The monoisotopic (exact) mass is 432 g/mol. The van der Waals surface area contributed by atoms with E-state index in [0.717, 1.165) is 29.2 Å². The fraction of sp³-hybridized carbons (Fsp3) is 0.467. The maximum absolute atomic E-state index is 5.85. The summed E-state index contributed by atoms with van der Waals surface area (Å²) in [5.41, 5.74) is 16.0. The van der Waals surface area contributed by atoms with Crippen molar-refractivity contribution in [2.75, 3.05) is 0 Å². The van der Waals surface area contributed by atoms with Crippen molar-refractivity contribution >= 4 is 5.57 Å². The number of hydrogen-bond acceptors (Lipinski definition) is 1. The molecule has 0 radical (unpaired) electrons. The molecule has 0 amide bonds. The van der Waals surface area contributed by atoms with Gasteiger partial charge in [-0.1, -0.05) is 38.6 Å². The van der Waals surface area contributed by atoms with Crippen molar-refractivity contribution in [1.82, 2.24) is 4.57 Å². The highest BCUT2D eigenvalue weighted by Gasteiger charge is 2.19. The average molecular weight is 433 g/mol. The number of aromatic nitrogens is 1. The Morgan fingerprint density at radius 3 is 2.22 bits per heavy atom. The Kier molecular flexibility index (Phi) is 9.62. The van der Waals surface area contributed by atoms with Crippen molar-refractivity contribution in [2.24, 2.45) is 11.7 Å². The molecule has 1 aromatic carbocycles. The predicted molar refractivity (Wildman–Crippen MR) is 142 cm³/mol. The third-order valence-corrected chi connectivity index (χ3v) is 7.13. The number of hydrogen-bond donors (Lipinski definition) is 1. The molecule has 1 aliphatic carbocycles. The Morgan fingerprint density at radius 1 is 1.06 bits per heavy atom. The van der Waals surface area contributed by atoms with E-state index in [1.165, 1.54) is 53.5 Å². The molecule has 0 bridgehead atoms. The van der Waals surface area contributed by atoms with Gasteiger partial charge >= 0.3 is 0 Å². The molecule has 32 heavy (non-hydrogen) atoms. The first-order valence-corrected chi connectivity index (χ1v) is 12.2. The molecule has 1 aliphatic rings. The van der Waals surface area contributed by atoms with Crippen LogP contribution in [0.2, 0.25) is 0 Å². The number of nitrogens with two attached hydrogens (primary N) is 1. The fourth-order valence-electron chi connectivity index (χ4n) is 4.51. The summed E-state index contributed by atoms with van der Waals surface area (Å²) in [6.45, 7) is 19.1. The third-order valence-electron chi connectivity index (χ3n) is 7.13. The van der Waals surface area contributed by atoms with Crippen LogP contribution in [0.4, 0.5) is 0 Å². The second-order valence-electron chi connectivity index (χ2n) is 9.59. The molecule has 0 saturated heterocycles. The van der Waals surface area contributed by atoms with Gasteiger partial charge in [0.2, 0.25) is 0 Å². The van der Waals surface area contributed by atoms with Gasteiger partial charge in [-0.3, -0.25) is 0 Å². The van der Waals surface area contributed by atoms with Crippen LogP contribution in [0, 0.1) is 26.7 Å². The highest BCUT2D eigenvalue weighted by Crippen LogP contribution is 2.33. The molecule has 0 spiro atoms. The topological polar surface area (TPSA) is 30.9 Å². The van der Waals surface area contributed by atoms with Crippen LogP contribution < -0.4 is 5.73 Å². The first kappa shape index (κ1) is 25.8. The van der Waals surface area contributed by atoms with Gasteiger partial charge in [-0.2, -0.15) is 0 Å². The highest BCUT2D eigenvalue weighted by atomic mass is 15.0. The van der Waals surface area contributed by atoms with Gasteiger partial charge < -0.3 is 10.3 Å². The minimum absolute atomic E-state index is 0.661. The first-order valence-electron chi connectivity index (χ1n) is 12.2. The van der Waals surface area contributed by atoms with E-state index in [1.807, 2.05) is 19.9 Å². The number of nitrogens with zero attached hydrogens (tertiary/aromatic N) is 1. The van der Waals surface area contributed by atoms with Crippen LogP contribution in [0.3, 0.4) is 0 Å². The lowest BCUT2D eigenvalue weighted by molar-refractivity contribution is 0.290. The zero-order chi connectivity index (χ0) is 23.8. The molecular weight excluding hydrogens is 388 g/mol. The van der Waals surface area contributed by atoms with Crippen molar-refractivity contribution in [3.63, 3.8) is 0 Å². The van der Waals surface area contributed by atoms with E-state index >= 15 is 0 Å². The lowest BCUT2D eigenvalue weighted by atomic mass is 9.87. The summed E-state index contributed by atoms with van der Waals surface area (Å²) in [4.78, 5) is 0. The summed E-state index contributed by atoms with van der Waals surface area (Å²) < 4.78 is 2.38.